The molecule has 0 saturated heterocycles. The molecular formula is C19H12F12N2S. The number of rotatable bonds is 2. The SMILES string of the molecule is CN(C(=S)N(C)c1cc(C(F)(F)F)cc(C(F)(F)F)c1)c1cc(C(F)(F)F)cc(C(F)(F)F)c1. The lowest BCUT2D eigenvalue weighted by molar-refractivity contribution is -0.144. The second-order valence-corrected chi connectivity index (χ2v) is 7.29. The molecule has 188 valence electrons. The van der Waals surface area contributed by atoms with Gasteiger partial charge in [0, 0.05) is 25.5 Å². The fourth-order valence-electron chi connectivity index (χ4n) is 2.71. The van der Waals surface area contributed by atoms with Crippen LogP contribution < -0.4 is 9.80 Å². The van der Waals surface area contributed by atoms with Crippen LogP contribution in [0.3, 0.4) is 0 Å². The molecule has 2 aromatic carbocycles. The molecule has 2 rings (SSSR count). The highest BCUT2D eigenvalue weighted by Gasteiger charge is 2.39. The predicted octanol–water partition coefficient (Wildman–Crippen LogP) is 7.62. The minimum absolute atomic E-state index is 0.146. The van der Waals surface area contributed by atoms with Crippen molar-refractivity contribution in [2.45, 2.75) is 24.7 Å². The highest BCUT2D eigenvalue weighted by Crippen LogP contribution is 2.40. The van der Waals surface area contributed by atoms with Gasteiger partial charge >= 0.3 is 24.7 Å². The van der Waals surface area contributed by atoms with Gasteiger partial charge in [-0.25, -0.2) is 0 Å². The first-order valence-electron chi connectivity index (χ1n) is 8.72. The summed E-state index contributed by atoms with van der Waals surface area (Å²) in [6.07, 6.45) is -20.7. The van der Waals surface area contributed by atoms with E-state index in [9.17, 15) is 52.7 Å². The van der Waals surface area contributed by atoms with Crippen LogP contribution in [-0.2, 0) is 24.7 Å². The second-order valence-electron chi connectivity index (χ2n) is 6.93. The molecule has 0 N–H and O–H groups in total. The van der Waals surface area contributed by atoms with Gasteiger partial charge in [0.05, 0.1) is 22.3 Å². The van der Waals surface area contributed by atoms with E-state index in [1.54, 1.807) is 0 Å². The highest BCUT2D eigenvalue weighted by molar-refractivity contribution is 7.80. The van der Waals surface area contributed by atoms with Crippen molar-refractivity contribution in [2.24, 2.45) is 0 Å². The van der Waals surface area contributed by atoms with Gasteiger partial charge in [-0.1, -0.05) is 0 Å². The summed E-state index contributed by atoms with van der Waals surface area (Å²) in [5, 5.41) is -0.681. The first kappa shape index (κ1) is 27.5. The molecule has 15 heteroatoms. The van der Waals surface area contributed by atoms with Gasteiger partial charge in [0.15, 0.2) is 5.11 Å². The zero-order valence-corrected chi connectivity index (χ0v) is 17.6. The van der Waals surface area contributed by atoms with E-state index < -0.39 is 63.4 Å². The van der Waals surface area contributed by atoms with Gasteiger partial charge in [0.25, 0.3) is 0 Å². The molecule has 0 aromatic heterocycles. The van der Waals surface area contributed by atoms with Crippen molar-refractivity contribution in [1.29, 1.82) is 0 Å². The van der Waals surface area contributed by atoms with Crippen LogP contribution in [0.2, 0.25) is 0 Å². The Hall–Kier alpha value is -2.71. The Balaban J connectivity index is 2.57. The highest BCUT2D eigenvalue weighted by atomic mass is 32.1. The van der Waals surface area contributed by atoms with Crippen molar-refractivity contribution in [1.82, 2.24) is 0 Å². The third kappa shape index (κ3) is 6.24. The lowest BCUT2D eigenvalue weighted by atomic mass is 10.1. The molecule has 0 amide bonds. The summed E-state index contributed by atoms with van der Waals surface area (Å²) in [6.45, 7) is 0. The van der Waals surface area contributed by atoms with Crippen molar-refractivity contribution < 1.29 is 52.7 Å². The molecule has 34 heavy (non-hydrogen) atoms. The maximum absolute atomic E-state index is 13.1. The maximum Gasteiger partial charge on any atom is 0.416 e. The number of hydrogen-bond acceptors (Lipinski definition) is 1. The van der Waals surface area contributed by atoms with Gasteiger partial charge in [-0.3, -0.25) is 0 Å². The Morgan fingerprint density at radius 2 is 0.706 bits per heavy atom. The summed E-state index contributed by atoms with van der Waals surface area (Å²) in [7, 11) is 1.82. The predicted molar refractivity (Wildman–Crippen MR) is 102 cm³/mol. The Kier molecular flexibility index (Phi) is 7.14. The largest absolute Gasteiger partial charge is 0.416 e. The normalized spacial score (nSPS) is 13.1. The Labute approximate surface area is 189 Å². The van der Waals surface area contributed by atoms with Crippen molar-refractivity contribution in [3.05, 3.63) is 58.7 Å². The minimum atomic E-state index is -5.19. The molecule has 0 atom stereocenters. The molecule has 2 nitrogen and oxygen atoms in total. The van der Waals surface area contributed by atoms with Crippen molar-refractivity contribution in [3.63, 3.8) is 0 Å². The Bertz CT molecular complexity index is 919. The Morgan fingerprint density at radius 3 is 0.882 bits per heavy atom. The van der Waals surface area contributed by atoms with E-state index in [1.807, 2.05) is 0 Å². The van der Waals surface area contributed by atoms with Crippen LogP contribution in [0.25, 0.3) is 0 Å². The molecule has 0 fully saturated rings. The average Bonchev–Trinajstić information content (AvgIpc) is 2.68. The number of hydrogen-bond donors (Lipinski definition) is 0. The molecule has 0 aliphatic rings. The summed E-state index contributed by atoms with van der Waals surface area (Å²) < 4.78 is 157. The average molecular weight is 528 g/mol. The fraction of sp³-hybridized carbons (Fsp3) is 0.316. The molecule has 2 aromatic rings. The van der Waals surface area contributed by atoms with E-state index in [-0.39, 0.29) is 12.1 Å². The van der Waals surface area contributed by atoms with Crippen LogP contribution in [0, 0.1) is 0 Å². The zero-order valence-electron chi connectivity index (χ0n) is 16.8. The number of anilines is 2. The second kappa shape index (κ2) is 8.82. The lowest BCUT2D eigenvalue weighted by Crippen LogP contribution is -2.39. The quantitative estimate of drug-likeness (QED) is 0.293. The molecule has 0 heterocycles. The molecule has 0 aliphatic heterocycles. The van der Waals surface area contributed by atoms with Crippen LogP contribution in [0.4, 0.5) is 64.1 Å². The lowest BCUT2D eigenvalue weighted by Gasteiger charge is -2.30. The van der Waals surface area contributed by atoms with Crippen LogP contribution in [0.1, 0.15) is 22.3 Å². The topological polar surface area (TPSA) is 6.48 Å². The summed E-state index contributed by atoms with van der Waals surface area (Å²) in [6, 6.07) is 0.940. The van der Waals surface area contributed by atoms with E-state index in [0.29, 0.717) is 34.1 Å². The van der Waals surface area contributed by atoms with Crippen LogP contribution in [0.5, 0.6) is 0 Å². The number of benzene rings is 2. The summed E-state index contributed by atoms with van der Waals surface area (Å²) in [5.74, 6) is 0. The third-order valence-electron chi connectivity index (χ3n) is 4.49. The van der Waals surface area contributed by atoms with E-state index in [2.05, 4.69) is 0 Å². The molecule has 0 saturated carbocycles. The van der Waals surface area contributed by atoms with Gasteiger partial charge in [0.1, 0.15) is 0 Å². The zero-order chi connectivity index (χ0) is 26.4. The number of thiocarbonyl (C=S) groups is 1. The van der Waals surface area contributed by atoms with E-state index in [0.717, 1.165) is 14.1 Å². The van der Waals surface area contributed by atoms with Crippen molar-refractivity contribution in [2.75, 3.05) is 23.9 Å². The first-order chi connectivity index (χ1) is 15.1. The number of alkyl halides is 12. The maximum atomic E-state index is 13.1. The number of nitrogens with zero attached hydrogens (tertiary/aromatic N) is 2. The minimum Gasteiger partial charge on any atom is -0.322 e. The van der Waals surface area contributed by atoms with Crippen LogP contribution in [-0.4, -0.2) is 19.2 Å². The van der Waals surface area contributed by atoms with Crippen LogP contribution in [0.15, 0.2) is 36.4 Å². The van der Waals surface area contributed by atoms with Gasteiger partial charge < -0.3 is 9.80 Å². The van der Waals surface area contributed by atoms with Gasteiger partial charge in [-0.15, -0.1) is 0 Å². The number of halogens is 12. The van der Waals surface area contributed by atoms with Gasteiger partial charge in [0.2, 0.25) is 0 Å². The van der Waals surface area contributed by atoms with E-state index in [1.165, 1.54) is 0 Å². The Morgan fingerprint density at radius 1 is 0.500 bits per heavy atom. The van der Waals surface area contributed by atoms with E-state index >= 15 is 0 Å². The fourth-order valence-corrected chi connectivity index (χ4v) is 2.92. The molecule has 0 aliphatic carbocycles. The monoisotopic (exact) mass is 528 g/mol. The van der Waals surface area contributed by atoms with E-state index in [4.69, 9.17) is 12.2 Å². The standard InChI is InChI=1S/C19H12F12N2S/c1-32(13-5-9(16(20,21)22)3-10(6-13)17(23,24)25)15(34)33(2)14-7-11(18(26,27)28)4-12(8-14)19(29,30)31/h3-8H,1-2H3. The summed E-state index contributed by atoms with van der Waals surface area (Å²) >= 11 is 4.94. The summed E-state index contributed by atoms with van der Waals surface area (Å²) in [4.78, 5) is 1.18. The third-order valence-corrected chi connectivity index (χ3v) is 5.04. The molecule has 0 bridgehead atoms. The smallest absolute Gasteiger partial charge is 0.322 e. The molecule has 0 spiro atoms. The summed E-state index contributed by atoms with van der Waals surface area (Å²) in [5.41, 5.74) is -8.24. The molecule has 0 radical (unpaired) electrons. The van der Waals surface area contributed by atoms with Crippen molar-refractivity contribution >= 4 is 28.7 Å². The van der Waals surface area contributed by atoms with Crippen LogP contribution >= 0.6 is 12.2 Å². The van der Waals surface area contributed by atoms with Crippen molar-refractivity contribution in [3.8, 4) is 0 Å². The molecular weight excluding hydrogens is 516 g/mol. The van der Waals surface area contributed by atoms with Gasteiger partial charge in [-0.2, -0.15) is 52.7 Å². The first-order valence-corrected chi connectivity index (χ1v) is 9.13. The molecule has 0 unspecified atom stereocenters. The van der Waals surface area contributed by atoms with Gasteiger partial charge in [-0.05, 0) is 48.6 Å².